The van der Waals surface area contributed by atoms with Gasteiger partial charge in [-0.25, -0.2) is 29.3 Å². The van der Waals surface area contributed by atoms with Crippen LogP contribution in [-0.4, -0.2) is 88.6 Å². The molecule has 0 amide bonds. The van der Waals surface area contributed by atoms with Crippen molar-refractivity contribution in [2.75, 3.05) is 39.3 Å². The smallest absolute Gasteiger partial charge is 0.162 e. The summed E-state index contributed by atoms with van der Waals surface area (Å²) in [6.07, 6.45) is 5.99. The lowest BCUT2D eigenvalue weighted by Crippen LogP contribution is -2.39. The Morgan fingerprint density at radius 3 is 1.36 bits per heavy atom. The average molecular weight is 983 g/mol. The third-order valence-electron chi connectivity index (χ3n) is 13.6. The molecule has 10 rings (SSSR count). The van der Waals surface area contributed by atoms with Gasteiger partial charge >= 0.3 is 0 Å². The summed E-state index contributed by atoms with van der Waals surface area (Å²) in [5, 5.41) is 12.4. The van der Waals surface area contributed by atoms with E-state index in [1.807, 2.05) is 100 Å². The van der Waals surface area contributed by atoms with Crippen LogP contribution in [0.25, 0.3) is 44.6 Å². The summed E-state index contributed by atoms with van der Waals surface area (Å²) in [6.45, 7) is 34.7. The molecular formula is C61H78N10O2. The molecule has 8 aromatic rings. The number of nitrogens with zero attached hydrogens (tertiary/aromatic N) is 10. The number of rotatable bonds is 10. The first kappa shape index (κ1) is 52.8. The monoisotopic (exact) mass is 983 g/mol. The first-order valence-electron chi connectivity index (χ1n) is 26.5. The van der Waals surface area contributed by atoms with Crippen LogP contribution < -0.4 is 9.47 Å². The van der Waals surface area contributed by atoms with Gasteiger partial charge in [-0.15, -0.1) is 0 Å². The maximum Gasteiger partial charge on any atom is 0.162 e. The normalized spacial score (nSPS) is 15.2. The Morgan fingerprint density at radius 1 is 0.507 bits per heavy atom. The molecule has 2 fully saturated rings. The van der Waals surface area contributed by atoms with Gasteiger partial charge in [-0.05, 0) is 143 Å². The number of fused-ring (bicyclic) bond motifs is 2. The van der Waals surface area contributed by atoms with Crippen LogP contribution >= 0.6 is 0 Å². The molecule has 0 unspecified atom stereocenters. The van der Waals surface area contributed by atoms with Gasteiger partial charge in [-0.3, -0.25) is 0 Å². The molecule has 2 saturated heterocycles. The zero-order valence-electron chi connectivity index (χ0n) is 45.8. The van der Waals surface area contributed by atoms with E-state index in [9.17, 15) is 0 Å². The van der Waals surface area contributed by atoms with E-state index in [2.05, 4.69) is 116 Å². The Kier molecular flexibility index (Phi) is 16.4. The molecule has 4 aromatic heterocycles. The van der Waals surface area contributed by atoms with Crippen molar-refractivity contribution >= 4 is 22.1 Å². The lowest BCUT2D eigenvalue weighted by molar-refractivity contribution is 0.136. The minimum atomic E-state index is 0.314. The Morgan fingerprint density at radius 2 is 0.932 bits per heavy atom. The van der Waals surface area contributed by atoms with Crippen molar-refractivity contribution in [3.63, 3.8) is 0 Å². The average Bonchev–Trinajstić information content (AvgIpc) is 3.95. The molecule has 0 saturated carbocycles. The number of piperidine rings is 2. The summed E-state index contributed by atoms with van der Waals surface area (Å²) < 4.78 is 16.6. The molecular weight excluding hydrogens is 905 g/mol. The fourth-order valence-corrected chi connectivity index (χ4v) is 10.4. The molecule has 4 aromatic carbocycles. The Bertz CT molecular complexity index is 3100. The topological polar surface area (TPSA) is 112 Å². The lowest BCUT2D eigenvalue weighted by atomic mass is 9.94. The van der Waals surface area contributed by atoms with Crippen molar-refractivity contribution < 1.29 is 9.47 Å². The largest absolute Gasteiger partial charge is 0.457 e. The lowest BCUT2D eigenvalue weighted by Gasteiger charge is -2.36. The van der Waals surface area contributed by atoms with Gasteiger partial charge in [0.1, 0.15) is 46.5 Å². The van der Waals surface area contributed by atoms with E-state index in [1.54, 1.807) is 6.33 Å². The molecule has 384 valence electrons. The van der Waals surface area contributed by atoms with Gasteiger partial charge in [0.15, 0.2) is 11.3 Å². The highest BCUT2D eigenvalue weighted by Gasteiger charge is 2.30. The van der Waals surface area contributed by atoms with Crippen molar-refractivity contribution in [2.24, 2.45) is 10.8 Å². The number of hydrogen-bond acceptors (Lipinski definition) is 10. The molecule has 0 atom stereocenters. The van der Waals surface area contributed by atoms with Gasteiger partial charge in [0.05, 0.1) is 34.2 Å². The molecule has 12 nitrogen and oxygen atoms in total. The molecule has 0 radical (unpaired) electrons. The van der Waals surface area contributed by atoms with Crippen LogP contribution in [0.1, 0.15) is 121 Å². The van der Waals surface area contributed by atoms with Crippen LogP contribution in [0.5, 0.6) is 23.0 Å². The number of hydrogen-bond donors (Lipinski definition) is 0. The summed E-state index contributed by atoms with van der Waals surface area (Å²) in [6, 6.07) is 33.1. The third kappa shape index (κ3) is 12.8. The van der Waals surface area contributed by atoms with E-state index in [1.165, 1.54) is 0 Å². The quantitative estimate of drug-likeness (QED) is 0.131. The number of para-hydroxylation sites is 2. The molecule has 2 aliphatic rings. The molecule has 12 heteroatoms. The second-order valence-corrected chi connectivity index (χ2v) is 22.2. The van der Waals surface area contributed by atoms with Crippen molar-refractivity contribution in [2.45, 2.75) is 128 Å². The summed E-state index contributed by atoms with van der Waals surface area (Å²) in [5.74, 6) is 4.16. The molecule has 2 aliphatic heterocycles. The van der Waals surface area contributed by atoms with Gasteiger partial charge in [0, 0.05) is 50.4 Å². The van der Waals surface area contributed by atoms with Gasteiger partial charge in [-0.2, -0.15) is 10.2 Å². The van der Waals surface area contributed by atoms with Gasteiger partial charge in [-0.1, -0.05) is 91.8 Å². The van der Waals surface area contributed by atoms with Crippen LogP contribution in [0.3, 0.4) is 0 Å². The summed E-state index contributed by atoms with van der Waals surface area (Å²) in [5.41, 5.74) is 10.6. The SMILES string of the molecule is CC.Cc1cc(-c2nn(C3CCN(CC(C)(C)C)CC3)c3ncnc(C)c23)ccc1Oc1ccccc1.Cc1nc(C)c2c(-c3ccc(Oc4ccccc4)c(C)c3)nn(C3CCN(CC(C)(C)C)CC3)c2n1. The zero-order valence-corrected chi connectivity index (χ0v) is 45.8. The molecule has 0 aliphatic carbocycles. The standard InChI is InChI=1S/C30H37N5O.C29H35N5O.C2H6/c1-20-18-23(12-13-26(20)36-25-10-8-7-9-11-25)28-27-21(2)31-22(3)32-29(27)35(33-28)24-14-16-34(17-15-24)19-30(4,5)6;1-20-17-22(11-12-25(20)35-24-9-7-6-8-10-24)27-26-21(2)30-19-31-28(26)34(32-27)23-13-15-33(16-14-23)18-29(3,4)5;1-2/h7-13,18,24H,14-17,19H2,1-6H3;6-12,17,19,23H,13-16,18H2,1-5H3;1-2H3. The second kappa shape index (κ2) is 22.7. The van der Waals surface area contributed by atoms with E-state index in [-0.39, 0.29) is 0 Å². The number of aryl methyl sites for hydroxylation is 5. The highest BCUT2D eigenvalue weighted by molar-refractivity contribution is 5.94. The van der Waals surface area contributed by atoms with E-state index in [0.717, 1.165) is 161 Å². The fourth-order valence-electron chi connectivity index (χ4n) is 10.4. The van der Waals surface area contributed by atoms with Crippen LogP contribution in [0.2, 0.25) is 0 Å². The number of benzene rings is 4. The first-order valence-corrected chi connectivity index (χ1v) is 26.5. The summed E-state index contributed by atoms with van der Waals surface area (Å²) in [7, 11) is 0. The maximum atomic E-state index is 6.12. The van der Waals surface area contributed by atoms with E-state index in [4.69, 9.17) is 29.6 Å². The Hall–Kier alpha value is -6.50. The molecule has 73 heavy (non-hydrogen) atoms. The first-order chi connectivity index (χ1) is 35.0. The number of ether oxygens (including phenoxy) is 2. The van der Waals surface area contributed by atoms with Gasteiger partial charge in [0.25, 0.3) is 0 Å². The molecule has 6 heterocycles. The van der Waals surface area contributed by atoms with Crippen molar-refractivity contribution in [3.05, 3.63) is 132 Å². The minimum Gasteiger partial charge on any atom is -0.457 e. The Balaban J connectivity index is 0.000000189. The summed E-state index contributed by atoms with van der Waals surface area (Å²) in [4.78, 5) is 23.9. The maximum absolute atomic E-state index is 6.12. The molecule has 0 N–H and O–H groups in total. The third-order valence-corrected chi connectivity index (χ3v) is 13.6. The van der Waals surface area contributed by atoms with Crippen LogP contribution in [0.15, 0.2) is 103 Å². The van der Waals surface area contributed by atoms with Crippen LogP contribution in [-0.2, 0) is 0 Å². The molecule has 0 spiro atoms. The van der Waals surface area contributed by atoms with Gasteiger partial charge < -0.3 is 19.3 Å². The summed E-state index contributed by atoms with van der Waals surface area (Å²) >= 11 is 0. The van der Waals surface area contributed by atoms with Crippen molar-refractivity contribution in [3.8, 4) is 45.5 Å². The predicted octanol–water partition coefficient (Wildman–Crippen LogP) is 14.5. The van der Waals surface area contributed by atoms with Crippen molar-refractivity contribution in [1.29, 1.82) is 0 Å². The minimum absolute atomic E-state index is 0.314. The van der Waals surface area contributed by atoms with Crippen LogP contribution in [0.4, 0.5) is 0 Å². The van der Waals surface area contributed by atoms with E-state index in [0.29, 0.717) is 22.9 Å². The number of likely N-dealkylation sites (tertiary alicyclic amines) is 2. The highest BCUT2D eigenvalue weighted by atomic mass is 16.5. The molecule has 0 bridgehead atoms. The highest BCUT2D eigenvalue weighted by Crippen LogP contribution is 2.38. The zero-order chi connectivity index (χ0) is 52.0. The fraction of sp³-hybridized carbons (Fsp3) is 0.443. The van der Waals surface area contributed by atoms with Gasteiger partial charge in [0.2, 0.25) is 0 Å². The van der Waals surface area contributed by atoms with E-state index < -0.39 is 0 Å². The van der Waals surface area contributed by atoms with E-state index >= 15 is 0 Å². The predicted molar refractivity (Wildman–Crippen MR) is 298 cm³/mol. The number of aromatic nitrogens is 8. The van der Waals surface area contributed by atoms with Crippen LogP contribution in [0, 0.1) is 45.4 Å². The van der Waals surface area contributed by atoms with Crippen molar-refractivity contribution in [1.82, 2.24) is 49.3 Å². The second-order valence-electron chi connectivity index (χ2n) is 22.2. The Labute approximate surface area is 434 Å².